The molecule has 0 aliphatic carbocycles. The lowest BCUT2D eigenvalue weighted by Gasteiger charge is -2.42. The molecule has 232 valence electrons. The minimum atomic E-state index is -3.36. The smallest absolute Gasteiger partial charge is 0.324 e. The van der Waals surface area contributed by atoms with E-state index in [0.29, 0.717) is 26.0 Å². The molecule has 1 amide bonds. The third-order valence-electron chi connectivity index (χ3n) is 6.96. The summed E-state index contributed by atoms with van der Waals surface area (Å²) in [6, 6.07) is -1.06. The van der Waals surface area contributed by atoms with Gasteiger partial charge >= 0.3 is 6.72 Å². The Morgan fingerprint density at radius 2 is 1.85 bits per heavy atom. The number of amides is 1. The highest BCUT2D eigenvalue weighted by Gasteiger charge is 2.46. The lowest BCUT2D eigenvalue weighted by molar-refractivity contribution is -0.270. The SMILES string of the molecule is B[C@@H]1O[C@H](COC)C(OP(O)(=S)OC)[C@@H]1CCCNC(=S)CCCCO[C@@H]1O[C@H](CO)[C@H](O)[C@H](O)[C@H]1NC(C)=O. The fraction of sp³-hybridized carbons (Fsp3) is 0.913. The zero-order chi connectivity index (χ0) is 29.9. The number of aliphatic hydroxyl groups is 3. The van der Waals surface area contributed by atoms with Crippen LogP contribution in [0.4, 0.5) is 0 Å². The quantitative estimate of drug-likeness (QED) is 0.0483. The number of carbonyl (C=O) groups excluding carboxylic acids is 1. The van der Waals surface area contributed by atoms with E-state index in [1.807, 2.05) is 7.85 Å². The second-order valence-corrected chi connectivity index (χ2v) is 13.4. The maximum atomic E-state index is 11.5. The lowest BCUT2D eigenvalue weighted by atomic mass is 9.82. The van der Waals surface area contributed by atoms with Gasteiger partial charge in [0.05, 0.1) is 18.2 Å². The molecule has 2 unspecified atom stereocenters. The van der Waals surface area contributed by atoms with Crippen molar-refractivity contribution in [2.24, 2.45) is 5.92 Å². The first-order valence-corrected chi connectivity index (χ1v) is 16.4. The molecular weight excluding hydrogens is 586 g/mol. The number of aliphatic hydroxyl groups excluding tert-OH is 3. The molecule has 0 bridgehead atoms. The van der Waals surface area contributed by atoms with Crippen molar-refractivity contribution in [1.29, 1.82) is 0 Å². The van der Waals surface area contributed by atoms with E-state index >= 15 is 0 Å². The van der Waals surface area contributed by atoms with Gasteiger partial charge in [-0.3, -0.25) is 4.79 Å². The number of unbranched alkanes of at least 4 members (excludes halogenated alkanes) is 1. The molecular formula is C23H44BN2O11PS2. The third-order valence-corrected chi connectivity index (χ3v) is 8.99. The number of hydrogen-bond donors (Lipinski definition) is 6. The van der Waals surface area contributed by atoms with Crippen molar-refractivity contribution >= 4 is 49.5 Å². The molecule has 0 aromatic rings. The Labute approximate surface area is 247 Å². The second kappa shape index (κ2) is 17.7. The Kier molecular flexibility index (Phi) is 15.9. The molecule has 6 N–H and O–H groups in total. The van der Waals surface area contributed by atoms with Crippen LogP contribution >= 0.6 is 18.9 Å². The summed E-state index contributed by atoms with van der Waals surface area (Å²) in [5.41, 5.74) is 0. The molecule has 10 atom stereocenters. The third kappa shape index (κ3) is 11.1. The van der Waals surface area contributed by atoms with E-state index in [2.05, 4.69) is 10.6 Å². The Bertz CT molecular complexity index is 851. The molecule has 13 nitrogen and oxygen atoms in total. The minimum Gasteiger partial charge on any atom is -0.394 e. The monoisotopic (exact) mass is 630 g/mol. The average Bonchev–Trinajstić information content (AvgIpc) is 3.18. The van der Waals surface area contributed by atoms with Crippen molar-refractivity contribution < 1.29 is 53.0 Å². The Morgan fingerprint density at radius 1 is 1.12 bits per heavy atom. The van der Waals surface area contributed by atoms with E-state index in [0.717, 1.165) is 24.3 Å². The van der Waals surface area contributed by atoms with Crippen LogP contribution < -0.4 is 10.6 Å². The summed E-state index contributed by atoms with van der Waals surface area (Å²) < 4.78 is 33.2. The molecule has 0 aromatic carbocycles. The molecule has 2 aliphatic heterocycles. The number of hydrogen-bond acceptors (Lipinski definition) is 12. The first-order chi connectivity index (χ1) is 18.9. The minimum absolute atomic E-state index is 0.00526. The normalized spacial score (nSPS) is 33.8. The van der Waals surface area contributed by atoms with Crippen LogP contribution in [0.25, 0.3) is 0 Å². The van der Waals surface area contributed by atoms with Crippen molar-refractivity contribution in [2.75, 3.05) is 40.6 Å². The van der Waals surface area contributed by atoms with Gasteiger partial charge in [0, 0.05) is 46.2 Å². The Balaban J connectivity index is 1.71. The summed E-state index contributed by atoms with van der Waals surface area (Å²) in [5, 5.41) is 35.6. The Hall–Kier alpha value is -0.325. The van der Waals surface area contributed by atoms with E-state index in [1.54, 1.807) is 7.11 Å². The number of carbonyl (C=O) groups is 1. The topological polar surface area (TPSA) is 177 Å². The van der Waals surface area contributed by atoms with Gasteiger partial charge in [-0.2, -0.15) is 0 Å². The fourth-order valence-corrected chi connectivity index (χ4v) is 6.12. The zero-order valence-corrected chi connectivity index (χ0v) is 26.0. The van der Waals surface area contributed by atoms with Gasteiger partial charge in [0.25, 0.3) is 0 Å². The van der Waals surface area contributed by atoms with Crippen molar-refractivity contribution in [3.63, 3.8) is 0 Å². The van der Waals surface area contributed by atoms with Gasteiger partial charge in [0.2, 0.25) is 5.91 Å². The maximum absolute atomic E-state index is 11.5. The number of thiocarbonyl (C=S) groups is 1. The molecule has 0 radical (unpaired) electrons. The molecule has 2 fully saturated rings. The van der Waals surface area contributed by atoms with Crippen LogP contribution in [0, 0.1) is 5.92 Å². The molecule has 0 aromatic heterocycles. The predicted molar refractivity (Wildman–Crippen MR) is 156 cm³/mol. The van der Waals surface area contributed by atoms with Crippen LogP contribution in [0.2, 0.25) is 0 Å². The van der Waals surface area contributed by atoms with Gasteiger partial charge in [0.15, 0.2) is 6.29 Å². The number of ether oxygens (including phenoxy) is 4. The van der Waals surface area contributed by atoms with E-state index < -0.39 is 56.0 Å². The van der Waals surface area contributed by atoms with E-state index in [-0.39, 0.29) is 24.6 Å². The summed E-state index contributed by atoms with van der Waals surface area (Å²) in [7, 11) is 4.87. The van der Waals surface area contributed by atoms with Crippen molar-refractivity contribution in [1.82, 2.24) is 10.6 Å². The van der Waals surface area contributed by atoms with Crippen LogP contribution in [-0.4, -0.2) is 128 Å². The van der Waals surface area contributed by atoms with Gasteiger partial charge in [-0.1, -0.05) is 12.2 Å². The molecule has 2 heterocycles. The van der Waals surface area contributed by atoms with Crippen LogP contribution in [-0.2, 0) is 44.6 Å². The highest BCUT2D eigenvalue weighted by molar-refractivity contribution is 8.07. The van der Waals surface area contributed by atoms with Crippen LogP contribution in [0.5, 0.6) is 0 Å². The average molecular weight is 631 g/mol. The van der Waals surface area contributed by atoms with Crippen LogP contribution in [0.3, 0.4) is 0 Å². The van der Waals surface area contributed by atoms with E-state index in [9.17, 15) is 25.0 Å². The first kappa shape index (κ1) is 35.9. The standard InChI is InChI=1S/C23H44BN2O11PS2/c1-13(28)26-18-20(30)19(29)15(11-27)36-23(18)34-10-5-4-8-17(39)25-9-6-7-14-21(37-38(31,40)33-3)16(12-32-2)35-22(14)24/h14-16,18-23,27,29-30H,4-12,24H2,1-3H3,(H,25,39)(H,26,28)(H,31,40)/t14-,15+,16+,18+,19-,20+,21?,22+,23+,38?/m0/s1. The summed E-state index contributed by atoms with van der Waals surface area (Å²) in [5.74, 6) is -0.399. The molecule has 2 rings (SSSR count). The summed E-state index contributed by atoms with van der Waals surface area (Å²) in [6.07, 6.45) is -1.92. The molecule has 0 saturated carbocycles. The molecule has 0 spiro atoms. The number of nitrogens with one attached hydrogen (secondary N) is 2. The molecule has 2 saturated heterocycles. The number of rotatable bonds is 17. The predicted octanol–water partition coefficient (Wildman–Crippen LogP) is -1.32. The zero-order valence-electron chi connectivity index (χ0n) is 23.5. The van der Waals surface area contributed by atoms with Crippen LogP contribution in [0.15, 0.2) is 0 Å². The summed E-state index contributed by atoms with van der Waals surface area (Å²) in [6.45, 7) is -1.31. The summed E-state index contributed by atoms with van der Waals surface area (Å²) >= 11 is 10.5. The van der Waals surface area contributed by atoms with Crippen molar-refractivity contribution in [3.8, 4) is 0 Å². The van der Waals surface area contributed by atoms with Gasteiger partial charge in [-0.15, -0.1) is 0 Å². The first-order valence-electron chi connectivity index (χ1n) is 13.4. The lowest BCUT2D eigenvalue weighted by Crippen LogP contribution is -2.64. The maximum Gasteiger partial charge on any atom is 0.324 e. The molecule has 2 aliphatic rings. The van der Waals surface area contributed by atoms with E-state index in [4.69, 9.17) is 52.0 Å². The summed E-state index contributed by atoms with van der Waals surface area (Å²) in [4.78, 5) is 22.4. The van der Waals surface area contributed by atoms with Gasteiger partial charge in [0.1, 0.15) is 44.4 Å². The highest BCUT2D eigenvalue weighted by Crippen LogP contribution is 2.48. The molecule has 40 heavy (non-hydrogen) atoms. The van der Waals surface area contributed by atoms with E-state index in [1.165, 1.54) is 14.0 Å². The van der Waals surface area contributed by atoms with Gasteiger partial charge < -0.3 is 58.8 Å². The van der Waals surface area contributed by atoms with Gasteiger partial charge in [-0.25, -0.2) is 0 Å². The Morgan fingerprint density at radius 3 is 2.48 bits per heavy atom. The largest absolute Gasteiger partial charge is 0.394 e. The van der Waals surface area contributed by atoms with Crippen molar-refractivity contribution in [2.45, 2.75) is 87.9 Å². The molecule has 17 heteroatoms. The van der Waals surface area contributed by atoms with Gasteiger partial charge in [-0.05, 0) is 43.9 Å². The second-order valence-electron chi connectivity index (χ2n) is 9.97. The highest BCUT2D eigenvalue weighted by atomic mass is 32.5. The van der Waals surface area contributed by atoms with Crippen molar-refractivity contribution in [3.05, 3.63) is 0 Å². The van der Waals surface area contributed by atoms with Crippen LogP contribution in [0.1, 0.15) is 39.0 Å². The number of methoxy groups -OCH3 is 1. The fourth-order valence-electron chi connectivity index (χ4n) is 4.89.